The second-order valence-corrected chi connectivity index (χ2v) is 6.90. The normalized spacial score (nSPS) is 13.0. The Morgan fingerprint density at radius 2 is 2.18 bits per heavy atom. The van der Waals surface area contributed by atoms with Crippen LogP contribution in [0.15, 0.2) is 36.5 Å². The summed E-state index contributed by atoms with van der Waals surface area (Å²) in [6, 6.07) is 10.3. The number of nitriles is 1. The maximum absolute atomic E-state index is 12.3. The van der Waals surface area contributed by atoms with Gasteiger partial charge in [0.15, 0.2) is 0 Å². The van der Waals surface area contributed by atoms with Gasteiger partial charge in [0.05, 0.1) is 34.6 Å². The molecule has 144 valence electrons. The smallest absolute Gasteiger partial charge is 0.272 e. The summed E-state index contributed by atoms with van der Waals surface area (Å²) in [5.74, 6) is -0.332. The van der Waals surface area contributed by atoms with Gasteiger partial charge < -0.3 is 10.4 Å². The topological polar surface area (TPSA) is 120 Å². The molecule has 0 saturated carbocycles. The summed E-state index contributed by atoms with van der Waals surface area (Å²) < 4.78 is 1.72. The van der Waals surface area contributed by atoms with Gasteiger partial charge in [0, 0.05) is 17.8 Å². The van der Waals surface area contributed by atoms with Gasteiger partial charge in [-0.25, -0.2) is 0 Å². The van der Waals surface area contributed by atoms with Crippen molar-refractivity contribution in [3.8, 4) is 17.3 Å². The molecule has 0 saturated heterocycles. The van der Waals surface area contributed by atoms with Crippen molar-refractivity contribution in [1.29, 1.82) is 5.26 Å². The summed E-state index contributed by atoms with van der Waals surface area (Å²) in [6.07, 6.45) is 1.09. The number of hydrogen-bond acceptors (Lipinski definition) is 5. The maximum Gasteiger partial charge on any atom is 0.272 e. The molecule has 0 radical (unpaired) electrons. The first kappa shape index (κ1) is 19.6. The molecular formula is C19H19ClN6O2. The van der Waals surface area contributed by atoms with Crippen LogP contribution in [0.5, 0.6) is 0 Å². The third-order valence-electron chi connectivity index (χ3n) is 4.14. The SMILES string of the molecule is CC(O)c1cc(C(=O)N[C@H](C)Cn2ccc(-c3ccc(C#N)c(Cl)c3)n2)n[nH]1. The van der Waals surface area contributed by atoms with E-state index < -0.39 is 6.10 Å². The summed E-state index contributed by atoms with van der Waals surface area (Å²) >= 11 is 6.08. The summed E-state index contributed by atoms with van der Waals surface area (Å²) in [7, 11) is 0. The highest BCUT2D eigenvalue weighted by Gasteiger charge is 2.16. The first-order valence-electron chi connectivity index (χ1n) is 8.65. The number of hydrogen-bond donors (Lipinski definition) is 3. The Morgan fingerprint density at radius 3 is 2.82 bits per heavy atom. The van der Waals surface area contributed by atoms with E-state index in [0.29, 0.717) is 22.8 Å². The van der Waals surface area contributed by atoms with Crippen molar-refractivity contribution in [1.82, 2.24) is 25.3 Å². The summed E-state index contributed by atoms with van der Waals surface area (Å²) in [4.78, 5) is 12.3. The minimum Gasteiger partial charge on any atom is -0.387 e. The third-order valence-corrected chi connectivity index (χ3v) is 4.46. The van der Waals surface area contributed by atoms with E-state index >= 15 is 0 Å². The zero-order valence-electron chi connectivity index (χ0n) is 15.3. The predicted octanol–water partition coefficient (Wildman–Crippen LogP) is 2.67. The second kappa shape index (κ2) is 8.25. The molecule has 0 bridgehead atoms. The third kappa shape index (κ3) is 4.39. The number of benzene rings is 1. The number of aromatic amines is 1. The van der Waals surface area contributed by atoms with Gasteiger partial charge in [0.1, 0.15) is 11.8 Å². The van der Waals surface area contributed by atoms with Crippen LogP contribution in [-0.4, -0.2) is 37.0 Å². The van der Waals surface area contributed by atoms with Crippen LogP contribution >= 0.6 is 11.6 Å². The van der Waals surface area contributed by atoms with E-state index in [0.717, 1.165) is 11.3 Å². The molecule has 2 aromatic heterocycles. The Bertz CT molecular complexity index is 1030. The van der Waals surface area contributed by atoms with E-state index in [1.807, 2.05) is 25.3 Å². The average Bonchev–Trinajstić information content (AvgIpc) is 3.31. The quantitative estimate of drug-likeness (QED) is 0.589. The van der Waals surface area contributed by atoms with Crippen LogP contribution in [0.4, 0.5) is 0 Å². The molecule has 0 aliphatic rings. The van der Waals surface area contributed by atoms with Gasteiger partial charge in [0.25, 0.3) is 5.91 Å². The van der Waals surface area contributed by atoms with Crippen LogP contribution in [0.1, 0.15) is 41.7 Å². The number of nitrogens with zero attached hydrogens (tertiary/aromatic N) is 4. The molecule has 3 N–H and O–H groups in total. The van der Waals surface area contributed by atoms with Gasteiger partial charge in [-0.2, -0.15) is 15.5 Å². The Morgan fingerprint density at radius 1 is 1.39 bits per heavy atom. The summed E-state index contributed by atoms with van der Waals surface area (Å²) in [6.45, 7) is 3.91. The average molecular weight is 399 g/mol. The van der Waals surface area contributed by atoms with Gasteiger partial charge in [-0.05, 0) is 38.1 Å². The van der Waals surface area contributed by atoms with E-state index in [4.69, 9.17) is 16.9 Å². The number of carbonyl (C=O) groups is 1. The number of amides is 1. The molecule has 2 atom stereocenters. The Hall–Kier alpha value is -3.15. The van der Waals surface area contributed by atoms with Crippen molar-refractivity contribution in [2.45, 2.75) is 32.5 Å². The van der Waals surface area contributed by atoms with E-state index in [9.17, 15) is 9.90 Å². The van der Waals surface area contributed by atoms with Gasteiger partial charge in [-0.3, -0.25) is 14.6 Å². The Kier molecular flexibility index (Phi) is 5.78. The highest BCUT2D eigenvalue weighted by molar-refractivity contribution is 6.32. The lowest BCUT2D eigenvalue weighted by atomic mass is 10.1. The van der Waals surface area contributed by atoms with Crippen molar-refractivity contribution in [3.63, 3.8) is 0 Å². The maximum atomic E-state index is 12.3. The molecule has 9 heteroatoms. The molecule has 1 aromatic carbocycles. The lowest BCUT2D eigenvalue weighted by molar-refractivity contribution is 0.0931. The number of nitrogens with one attached hydrogen (secondary N) is 2. The molecule has 1 amide bonds. The number of carbonyl (C=O) groups excluding carboxylic acids is 1. The van der Waals surface area contributed by atoms with E-state index in [2.05, 4.69) is 20.6 Å². The zero-order valence-corrected chi connectivity index (χ0v) is 16.1. The lowest BCUT2D eigenvalue weighted by Crippen LogP contribution is -2.36. The largest absolute Gasteiger partial charge is 0.387 e. The number of H-pyrrole nitrogens is 1. The second-order valence-electron chi connectivity index (χ2n) is 6.49. The number of aliphatic hydroxyl groups is 1. The van der Waals surface area contributed by atoms with Crippen LogP contribution in [0, 0.1) is 11.3 Å². The molecule has 3 rings (SSSR count). The van der Waals surface area contributed by atoms with E-state index in [-0.39, 0.29) is 17.6 Å². The molecular weight excluding hydrogens is 380 g/mol. The molecule has 0 aliphatic carbocycles. The number of rotatable bonds is 6. The minimum atomic E-state index is -0.718. The molecule has 8 nitrogen and oxygen atoms in total. The van der Waals surface area contributed by atoms with Gasteiger partial charge in [-0.1, -0.05) is 17.7 Å². The highest BCUT2D eigenvalue weighted by atomic mass is 35.5. The molecule has 28 heavy (non-hydrogen) atoms. The van der Waals surface area contributed by atoms with Crippen molar-refractivity contribution in [3.05, 3.63) is 58.5 Å². The standard InChI is InChI=1S/C19H19ClN6O2/c1-11(22-19(28)18-8-17(12(2)27)23-24-18)10-26-6-5-16(25-26)13-3-4-14(9-21)15(20)7-13/h3-8,11-12,27H,10H2,1-2H3,(H,22,28)(H,23,24)/t11-,12?/m1/s1. The molecule has 2 heterocycles. The summed E-state index contributed by atoms with van der Waals surface area (Å²) in [5, 5.41) is 32.7. The van der Waals surface area contributed by atoms with Crippen molar-refractivity contribution < 1.29 is 9.90 Å². The zero-order chi connectivity index (χ0) is 20.3. The van der Waals surface area contributed by atoms with Crippen molar-refractivity contribution in [2.75, 3.05) is 0 Å². The highest BCUT2D eigenvalue weighted by Crippen LogP contribution is 2.24. The number of aliphatic hydroxyl groups excluding tert-OH is 1. The van der Waals surface area contributed by atoms with Crippen LogP contribution in [0.2, 0.25) is 5.02 Å². The molecule has 0 spiro atoms. The predicted molar refractivity (Wildman–Crippen MR) is 104 cm³/mol. The van der Waals surface area contributed by atoms with E-state index in [1.165, 1.54) is 6.07 Å². The molecule has 3 aromatic rings. The van der Waals surface area contributed by atoms with Gasteiger partial charge in [-0.15, -0.1) is 0 Å². The molecule has 1 unspecified atom stereocenters. The summed E-state index contributed by atoms with van der Waals surface area (Å²) in [5.41, 5.74) is 2.64. The Balaban J connectivity index is 1.63. The monoisotopic (exact) mass is 398 g/mol. The fourth-order valence-corrected chi connectivity index (χ4v) is 2.90. The fraction of sp³-hybridized carbons (Fsp3) is 0.263. The first-order chi connectivity index (χ1) is 13.4. The Labute approximate surface area is 166 Å². The van der Waals surface area contributed by atoms with E-state index in [1.54, 1.807) is 29.8 Å². The van der Waals surface area contributed by atoms with Crippen LogP contribution < -0.4 is 5.32 Å². The van der Waals surface area contributed by atoms with Crippen LogP contribution in [-0.2, 0) is 6.54 Å². The fourth-order valence-electron chi connectivity index (χ4n) is 2.67. The van der Waals surface area contributed by atoms with Gasteiger partial charge in [0.2, 0.25) is 0 Å². The van der Waals surface area contributed by atoms with Crippen LogP contribution in [0.3, 0.4) is 0 Å². The molecule has 0 aliphatic heterocycles. The van der Waals surface area contributed by atoms with Crippen LogP contribution in [0.25, 0.3) is 11.3 Å². The first-order valence-corrected chi connectivity index (χ1v) is 9.03. The minimum absolute atomic E-state index is 0.198. The number of aromatic nitrogens is 4. The van der Waals surface area contributed by atoms with Gasteiger partial charge >= 0.3 is 0 Å². The lowest BCUT2D eigenvalue weighted by Gasteiger charge is -2.13. The molecule has 0 fully saturated rings. The van der Waals surface area contributed by atoms with Crippen molar-refractivity contribution in [2.24, 2.45) is 0 Å². The van der Waals surface area contributed by atoms with Crippen molar-refractivity contribution >= 4 is 17.5 Å². The number of halogens is 1.